The lowest BCUT2D eigenvalue weighted by molar-refractivity contribution is -0.139. The van der Waals surface area contributed by atoms with E-state index in [-0.39, 0.29) is 24.3 Å². The van der Waals surface area contributed by atoms with Crippen molar-refractivity contribution in [1.82, 2.24) is 4.57 Å². The highest BCUT2D eigenvalue weighted by atomic mass is 35.5. The number of thiazole rings is 1. The third-order valence-corrected chi connectivity index (χ3v) is 8.83. The van der Waals surface area contributed by atoms with Crippen LogP contribution in [0.2, 0.25) is 10.0 Å². The van der Waals surface area contributed by atoms with Crippen LogP contribution in [0.4, 0.5) is 0 Å². The van der Waals surface area contributed by atoms with Crippen molar-refractivity contribution in [3.8, 4) is 23.0 Å². The molecule has 0 saturated carbocycles. The summed E-state index contributed by atoms with van der Waals surface area (Å²) in [5.41, 5.74) is 2.47. The van der Waals surface area contributed by atoms with Gasteiger partial charge < -0.3 is 23.7 Å². The number of carbonyl (C=O) groups excluding carboxylic acids is 1. The number of aromatic nitrogens is 1. The summed E-state index contributed by atoms with van der Waals surface area (Å²) in [5.74, 6) is 1.45. The van der Waals surface area contributed by atoms with Crippen LogP contribution in [-0.4, -0.2) is 38.5 Å². The van der Waals surface area contributed by atoms with Crippen molar-refractivity contribution in [2.24, 2.45) is 4.99 Å². The first-order chi connectivity index (χ1) is 21.7. The molecule has 1 aliphatic heterocycles. The standard InChI is InChI=1S/C33H30Cl2N2O7S/c1-6-43-32(39)29-18(2)36-33-37(30(29)22-16-21(40-3)9-12-25(22)41-4)31(38)28(45-33)15-19-8-11-26(27(14-19)42-5)44-17-20-7-10-23(34)24(35)13-20/h7-16,30H,6,17H2,1-5H3/b28-15-/t30-/m0/s1. The summed E-state index contributed by atoms with van der Waals surface area (Å²) in [4.78, 5) is 32.4. The van der Waals surface area contributed by atoms with Gasteiger partial charge in [-0.05, 0) is 73.5 Å². The van der Waals surface area contributed by atoms with E-state index in [1.807, 2.05) is 12.1 Å². The predicted octanol–water partition coefficient (Wildman–Crippen LogP) is 5.71. The molecule has 0 unspecified atom stereocenters. The Balaban J connectivity index is 1.58. The number of esters is 1. The van der Waals surface area contributed by atoms with Crippen molar-refractivity contribution in [3.05, 3.63) is 112 Å². The highest BCUT2D eigenvalue weighted by Gasteiger charge is 2.35. The Morgan fingerprint density at radius 1 is 0.956 bits per heavy atom. The second-order valence-corrected chi connectivity index (χ2v) is 11.7. The number of hydrogen-bond donors (Lipinski definition) is 0. The molecule has 234 valence electrons. The van der Waals surface area contributed by atoms with E-state index in [1.54, 1.807) is 76.6 Å². The summed E-state index contributed by atoms with van der Waals surface area (Å²) in [7, 11) is 4.61. The van der Waals surface area contributed by atoms with Gasteiger partial charge in [0.1, 0.15) is 24.1 Å². The Hall–Kier alpha value is -4.25. The van der Waals surface area contributed by atoms with Gasteiger partial charge in [-0.1, -0.05) is 46.7 Å². The van der Waals surface area contributed by atoms with Gasteiger partial charge >= 0.3 is 5.97 Å². The number of rotatable bonds is 10. The monoisotopic (exact) mass is 668 g/mol. The van der Waals surface area contributed by atoms with E-state index in [0.717, 1.165) is 5.56 Å². The van der Waals surface area contributed by atoms with Gasteiger partial charge in [0, 0.05) is 5.56 Å². The number of fused-ring (bicyclic) bond motifs is 1. The molecule has 2 heterocycles. The van der Waals surface area contributed by atoms with Crippen molar-refractivity contribution in [3.63, 3.8) is 0 Å². The lowest BCUT2D eigenvalue weighted by atomic mass is 9.94. The van der Waals surface area contributed by atoms with E-state index in [2.05, 4.69) is 4.99 Å². The zero-order chi connectivity index (χ0) is 32.2. The molecule has 1 aliphatic rings. The highest BCUT2D eigenvalue weighted by molar-refractivity contribution is 7.07. The third kappa shape index (κ3) is 6.58. The van der Waals surface area contributed by atoms with E-state index in [4.69, 9.17) is 46.9 Å². The van der Waals surface area contributed by atoms with Crippen LogP contribution in [0.15, 0.2) is 75.7 Å². The summed E-state index contributed by atoms with van der Waals surface area (Å²) in [5, 5.41) is 0.909. The smallest absolute Gasteiger partial charge is 0.338 e. The first kappa shape index (κ1) is 32.2. The maximum absolute atomic E-state index is 14.1. The molecular weight excluding hydrogens is 639 g/mol. The van der Waals surface area contributed by atoms with E-state index in [0.29, 0.717) is 59.2 Å². The average molecular weight is 670 g/mol. The zero-order valence-corrected chi connectivity index (χ0v) is 27.5. The minimum Gasteiger partial charge on any atom is -0.497 e. The lowest BCUT2D eigenvalue weighted by Crippen LogP contribution is -2.40. The molecular formula is C33H30Cl2N2O7S. The van der Waals surface area contributed by atoms with E-state index < -0.39 is 12.0 Å². The van der Waals surface area contributed by atoms with Gasteiger partial charge in [0.15, 0.2) is 16.3 Å². The van der Waals surface area contributed by atoms with Gasteiger partial charge in [0.2, 0.25) is 0 Å². The molecule has 45 heavy (non-hydrogen) atoms. The largest absolute Gasteiger partial charge is 0.497 e. The summed E-state index contributed by atoms with van der Waals surface area (Å²) in [6.45, 7) is 3.87. The quantitative estimate of drug-likeness (QED) is 0.200. The third-order valence-electron chi connectivity index (χ3n) is 7.11. The molecule has 0 N–H and O–H groups in total. The Morgan fingerprint density at radius 2 is 1.71 bits per heavy atom. The van der Waals surface area contributed by atoms with Gasteiger partial charge in [0.05, 0.1) is 53.8 Å². The first-order valence-electron chi connectivity index (χ1n) is 13.8. The van der Waals surface area contributed by atoms with Crippen molar-refractivity contribution in [2.45, 2.75) is 26.5 Å². The molecule has 4 aromatic rings. The number of hydrogen-bond acceptors (Lipinski definition) is 9. The Labute approximate surface area is 273 Å². The van der Waals surface area contributed by atoms with Crippen LogP contribution in [0.1, 0.15) is 36.6 Å². The fourth-order valence-corrected chi connectivity index (χ4v) is 6.34. The topological polar surface area (TPSA) is 97.6 Å². The molecule has 1 aromatic heterocycles. The first-order valence-corrected chi connectivity index (χ1v) is 15.4. The fraction of sp³-hybridized carbons (Fsp3) is 0.242. The van der Waals surface area contributed by atoms with Gasteiger partial charge in [-0.25, -0.2) is 9.79 Å². The van der Waals surface area contributed by atoms with Gasteiger partial charge in [-0.2, -0.15) is 0 Å². The van der Waals surface area contributed by atoms with Gasteiger partial charge in [0.25, 0.3) is 5.56 Å². The summed E-state index contributed by atoms with van der Waals surface area (Å²) < 4.78 is 30.0. The molecule has 0 spiro atoms. The minimum absolute atomic E-state index is 0.164. The number of carbonyl (C=O) groups is 1. The molecule has 0 aliphatic carbocycles. The number of nitrogens with zero attached hydrogens (tertiary/aromatic N) is 2. The molecule has 9 nitrogen and oxygen atoms in total. The van der Waals surface area contributed by atoms with E-state index in [9.17, 15) is 9.59 Å². The Morgan fingerprint density at radius 3 is 2.40 bits per heavy atom. The van der Waals surface area contributed by atoms with Crippen LogP contribution in [0.25, 0.3) is 6.08 Å². The van der Waals surface area contributed by atoms with Gasteiger partial charge in [-0.15, -0.1) is 0 Å². The molecule has 0 fully saturated rings. The van der Waals surface area contributed by atoms with Crippen molar-refractivity contribution < 1.29 is 28.5 Å². The van der Waals surface area contributed by atoms with E-state index >= 15 is 0 Å². The predicted molar refractivity (Wildman–Crippen MR) is 174 cm³/mol. The van der Waals surface area contributed by atoms with Crippen LogP contribution < -0.4 is 33.8 Å². The van der Waals surface area contributed by atoms with Crippen LogP contribution in [0.5, 0.6) is 23.0 Å². The number of ether oxygens (including phenoxy) is 5. The maximum atomic E-state index is 14.1. The number of benzene rings is 3. The second-order valence-electron chi connectivity index (χ2n) is 9.86. The molecule has 1 atom stereocenters. The van der Waals surface area contributed by atoms with Crippen molar-refractivity contribution in [1.29, 1.82) is 0 Å². The number of halogens is 2. The normalized spacial score (nSPS) is 14.5. The molecule has 0 radical (unpaired) electrons. The highest BCUT2D eigenvalue weighted by Crippen LogP contribution is 2.38. The average Bonchev–Trinajstić information content (AvgIpc) is 3.34. The second kappa shape index (κ2) is 13.8. The van der Waals surface area contributed by atoms with Crippen LogP contribution in [-0.2, 0) is 16.1 Å². The van der Waals surface area contributed by atoms with Crippen molar-refractivity contribution in [2.75, 3.05) is 27.9 Å². The van der Waals surface area contributed by atoms with Crippen LogP contribution in [0.3, 0.4) is 0 Å². The number of methoxy groups -OCH3 is 3. The van der Waals surface area contributed by atoms with Crippen LogP contribution in [0, 0.1) is 0 Å². The Bertz CT molecular complexity index is 1980. The summed E-state index contributed by atoms with van der Waals surface area (Å²) in [6.07, 6.45) is 1.75. The van der Waals surface area contributed by atoms with Crippen LogP contribution >= 0.6 is 34.5 Å². The van der Waals surface area contributed by atoms with Gasteiger partial charge in [-0.3, -0.25) is 9.36 Å². The molecule has 3 aromatic carbocycles. The molecule has 0 amide bonds. The Kier molecular flexibility index (Phi) is 9.86. The molecule has 0 saturated heterocycles. The lowest BCUT2D eigenvalue weighted by Gasteiger charge is -2.26. The van der Waals surface area contributed by atoms with Crippen molar-refractivity contribution >= 4 is 46.6 Å². The fourth-order valence-electron chi connectivity index (χ4n) is 4.97. The SMILES string of the molecule is CCOC(=O)C1=C(C)N=c2s/c(=C\c3ccc(OCc4ccc(Cl)c(Cl)c4)c(OC)c3)c(=O)n2[C@H]1c1cc(OC)ccc1OC. The number of allylic oxidation sites excluding steroid dienone is 1. The minimum atomic E-state index is -0.862. The molecule has 5 rings (SSSR count). The van der Waals surface area contributed by atoms with E-state index in [1.165, 1.54) is 23.0 Å². The zero-order valence-electron chi connectivity index (χ0n) is 25.2. The summed E-state index contributed by atoms with van der Waals surface area (Å²) in [6, 6.07) is 15.0. The molecule has 12 heteroatoms. The summed E-state index contributed by atoms with van der Waals surface area (Å²) >= 11 is 13.4. The maximum Gasteiger partial charge on any atom is 0.338 e. The molecule has 0 bridgehead atoms.